The second-order valence-electron chi connectivity index (χ2n) is 9.33. The maximum absolute atomic E-state index is 13.4. The molecule has 10 heteroatoms. The second kappa shape index (κ2) is 8.26. The topological polar surface area (TPSA) is 87.9 Å². The molecule has 5 rings (SSSR count). The van der Waals surface area contributed by atoms with Crippen molar-refractivity contribution in [2.45, 2.75) is 39.0 Å². The molecule has 0 spiro atoms. The van der Waals surface area contributed by atoms with E-state index < -0.39 is 6.17 Å². The number of pyridine rings is 1. The summed E-state index contributed by atoms with van der Waals surface area (Å²) in [7, 11) is 0. The molecule has 0 aliphatic carbocycles. The minimum Gasteiger partial charge on any atom is -0.471 e. The lowest BCUT2D eigenvalue weighted by Crippen LogP contribution is -2.48. The number of ether oxygens (including phenoxy) is 1. The first-order chi connectivity index (χ1) is 15.8. The summed E-state index contributed by atoms with van der Waals surface area (Å²) in [5.74, 6) is 0.970. The molecule has 1 atom stereocenters. The van der Waals surface area contributed by atoms with Gasteiger partial charge in [0.1, 0.15) is 17.3 Å². The highest BCUT2D eigenvalue weighted by atomic mass is 19.1. The van der Waals surface area contributed by atoms with Gasteiger partial charge in [-0.15, -0.1) is 0 Å². The van der Waals surface area contributed by atoms with Crippen molar-refractivity contribution in [1.82, 2.24) is 24.5 Å². The standard InChI is InChI=1S/C23H28FN7O2/c1-15(24)14-29-7-9-30(10-8-29)20-18(11-16-12-23(2,3)33-22(16)28-20)27-21(32)17-13-26-31-6-4-5-25-19(17)31/h4-6,11,13,15H,7-10,12,14H2,1-3H3,(H,27,32). The number of hydrogen-bond donors (Lipinski definition) is 1. The maximum atomic E-state index is 13.4. The zero-order valence-corrected chi connectivity index (χ0v) is 19.1. The number of nitrogens with zero attached hydrogens (tertiary/aromatic N) is 6. The van der Waals surface area contributed by atoms with E-state index in [9.17, 15) is 9.18 Å². The molecule has 9 nitrogen and oxygen atoms in total. The van der Waals surface area contributed by atoms with Gasteiger partial charge in [-0.1, -0.05) is 0 Å². The first kappa shape index (κ1) is 21.6. The van der Waals surface area contributed by atoms with Gasteiger partial charge in [-0.2, -0.15) is 10.1 Å². The molecule has 0 saturated carbocycles. The molecule has 2 aliphatic heterocycles. The van der Waals surface area contributed by atoms with Gasteiger partial charge in [-0.05, 0) is 32.9 Å². The van der Waals surface area contributed by atoms with Gasteiger partial charge >= 0.3 is 0 Å². The molecule has 0 bridgehead atoms. The molecule has 174 valence electrons. The fourth-order valence-corrected chi connectivity index (χ4v) is 4.51. The van der Waals surface area contributed by atoms with Crippen molar-refractivity contribution in [2.75, 3.05) is 42.9 Å². The Labute approximate surface area is 191 Å². The van der Waals surface area contributed by atoms with Crippen molar-refractivity contribution in [3.63, 3.8) is 0 Å². The summed E-state index contributed by atoms with van der Waals surface area (Å²) < 4.78 is 21.1. The van der Waals surface area contributed by atoms with Crippen LogP contribution in [0, 0.1) is 0 Å². The van der Waals surface area contributed by atoms with Crippen LogP contribution in [-0.4, -0.2) is 74.9 Å². The summed E-state index contributed by atoms with van der Waals surface area (Å²) in [6.07, 6.45) is 4.74. The third kappa shape index (κ3) is 4.35. The van der Waals surface area contributed by atoms with Crippen LogP contribution in [0.4, 0.5) is 15.9 Å². The summed E-state index contributed by atoms with van der Waals surface area (Å²) in [5, 5.41) is 7.25. The molecule has 2 aliphatic rings. The second-order valence-corrected chi connectivity index (χ2v) is 9.33. The molecular formula is C23H28FN7O2. The lowest BCUT2D eigenvalue weighted by Gasteiger charge is -2.36. The van der Waals surface area contributed by atoms with Crippen molar-refractivity contribution in [2.24, 2.45) is 0 Å². The number of halogens is 1. The Morgan fingerprint density at radius 3 is 2.85 bits per heavy atom. The summed E-state index contributed by atoms with van der Waals surface area (Å²) >= 11 is 0. The molecule has 1 fully saturated rings. The Hall–Kier alpha value is -3.27. The SMILES string of the molecule is CC(F)CN1CCN(c2nc3c(cc2NC(=O)c2cnn4cccnc24)CC(C)(C)O3)CC1. The minimum atomic E-state index is -0.861. The smallest absolute Gasteiger partial charge is 0.261 e. The predicted molar refractivity (Wildman–Crippen MR) is 123 cm³/mol. The highest BCUT2D eigenvalue weighted by Gasteiger charge is 2.34. The van der Waals surface area contributed by atoms with E-state index in [-0.39, 0.29) is 11.5 Å². The van der Waals surface area contributed by atoms with E-state index in [2.05, 4.69) is 25.2 Å². The van der Waals surface area contributed by atoms with Gasteiger partial charge in [0.15, 0.2) is 11.5 Å². The summed E-state index contributed by atoms with van der Waals surface area (Å²) in [5.41, 5.74) is 2.12. The summed E-state index contributed by atoms with van der Waals surface area (Å²) in [6.45, 7) is 8.87. The average molecular weight is 454 g/mol. The number of piperazine rings is 1. The molecule has 3 aromatic heterocycles. The van der Waals surface area contributed by atoms with E-state index in [0.29, 0.717) is 54.7 Å². The van der Waals surface area contributed by atoms with Crippen LogP contribution >= 0.6 is 0 Å². The maximum Gasteiger partial charge on any atom is 0.261 e. The molecule has 1 saturated heterocycles. The molecule has 5 heterocycles. The van der Waals surface area contributed by atoms with Crippen LogP contribution in [0.1, 0.15) is 36.7 Å². The van der Waals surface area contributed by atoms with Crippen LogP contribution in [-0.2, 0) is 6.42 Å². The van der Waals surface area contributed by atoms with Crippen LogP contribution in [0.5, 0.6) is 5.88 Å². The van der Waals surface area contributed by atoms with Gasteiger partial charge in [0, 0.05) is 57.1 Å². The van der Waals surface area contributed by atoms with Gasteiger partial charge in [0.25, 0.3) is 5.91 Å². The molecular weight excluding hydrogens is 425 g/mol. The lowest BCUT2D eigenvalue weighted by molar-refractivity contribution is 0.102. The van der Waals surface area contributed by atoms with Crippen molar-refractivity contribution < 1.29 is 13.9 Å². The number of amides is 1. The molecule has 33 heavy (non-hydrogen) atoms. The quantitative estimate of drug-likeness (QED) is 0.635. The van der Waals surface area contributed by atoms with Gasteiger partial charge in [-0.25, -0.2) is 13.9 Å². The lowest BCUT2D eigenvalue weighted by atomic mass is 10.0. The van der Waals surface area contributed by atoms with Crippen molar-refractivity contribution in [1.29, 1.82) is 0 Å². The highest BCUT2D eigenvalue weighted by Crippen LogP contribution is 2.39. The number of hydrogen-bond acceptors (Lipinski definition) is 7. The predicted octanol–water partition coefficient (Wildman–Crippen LogP) is 2.57. The molecule has 1 unspecified atom stereocenters. The Morgan fingerprint density at radius 2 is 2.09 bits per heavy atom. The monoisotopic (exact) mass is 453 g/mol. The molecule has 1 N–H and O–H groups in total. The summed E-state index contributed by atoms with van der Waals surface area (Å²) in [4.78, 5) is 26.5. The number of carbonyl (C=O) groups is 1. The van der Waals surface area contributed by atoms with E-state index in [1.165, 1.54) is 6.20 Å². The van der Waals surface area contributed by atoms with Crippen LogP contribution < -0.4 is 15.0 Å². The average Bonchev–Trinajstić information content (AvgIpc) is 3.32. The van der Waals surface area contributed by atoms with Crippen LogP contribution in [0.15, 0.2) is 30.7 Å². The fourth-order valence-electron chi connectivity index (χ4n) is 4.51. The van der Waals surface area contributed by atoms with E-state index in [1.807, 2.05) is 19.9 Å². The largest absolute Gasteiger partial charge is 0.471 e. The van der Waals surface area contributed by atoms with Crippen LogP contribution in [0.2, 0.25) is 0 Å². The van der Waals surface area contributed by atoms with Crippen LogP contribution in [0.3, 0.4) is 0 Å². The number of alkyl halides is 1. The number of nitrogens with one attached hydrogen (secondary N) is 1. The zero-order valence-electron chi connectivity index (χ0n) is 19.1. The molecule has 1 amide bonds. The first-order valence-corrected chi connectivity index (χ1v) is 11.2. The number of aromatic nitrogens is 4. The van der Waals surface area contributed by atoms with E-state index >= 15 is 0 Å². The van der Waals surface area contributed by atoms with Crippen molar-refractivity contribution in [3.05, 3.63) is 41.9 Å². The Balaban J connectivity index is 1.44. The minimum absolute atomic E-state index is 0.297. The normalized spacial score (nSPS) is 18.7. The number of fused-ring (bicyclic) bond motifs is 2. The molecule has 0 radical (unpaired) electrons. The fraction of sp³-hybridized carbons (Fsp3) is 0.478. The van der Waals surface area contributed by atoms with Gasteiger partial charge in [-0.3, -0.25) is 9.69 Å². The zero-order chi connectivity index (χ0) is 23.2. The number of rotatable bonds is 5. The summed E-state index contributed by atoms with van der Waals surface area (Å²) in [6, 6.07) is 3.72. The van der Waals surface area contributed by atoms with Gasteiger partial charge in [0.2, 0.25) is 5.88 Å². The van der Waals surface area contributed by atoms with E-state index in [4.69, 9.17) is 9.72 Å². The van der Waals surface area contributed by atoms with E-state index in [1.54, 1.807) is 29.9 Å². The first-order valence-electron chi connectivity index (χ1n) is 11.2. The van der Waals surface area contributed by atoms with Crippen molar-refractivity contribution >= 4 is 23.1 Å². The number of anilines is 2. The third-order valence-electron chi connectivity index (χ3n) is 5.98. The Morgan fingerprint density at radius 1 is 1.30 bits per heavy atom. The molecule has 0 aromatic carbocycles. The third-order valence-corrected chi connectivity index (χ3v) is 5.98. The van der Waals surface area contributed by atoms with Gasteiger partial charge in [0.05, 0.1) is 11.9 Å². The Kier molecular flexibility index (Phi) is 5.40. The van der Waals surface area contributed by atoms with Crippen LogP contribution in [0.25, 0.3) is 5.65 Å². The Bertz CT molecular complexity index is 1180. The molecule has 3 aromatic rings. The number of carbonyl (C=O) groups excluding carboxylic acids is 1. The highest BCUT2D eigenvalue weighted by molar-refractivity contribution is 6.09. The van der Waals surface area contributed by atoms with Crippen molar-refractivity contribution in [3.8, 4) is 5.88 Å². The van der Waals surface area contributed by atoms with E-state index in [0.717, 1.165) is 18.7 Å². The van der Waals surface area contributed by atoms with Gasteiger partial charge < -0.3 is 15.0 Å².